The highest BCUT2D eigenvalue weighted by Gasteiger charge is 2.35. The van der Waals surface area contributed by atoms with Crippen LogP contribution in [0.1, 0.15) is 58.9 Å². The van der Waals surface area contributed by atoms with Crippen LogP contribution in [0, 0.1) is 11.3 Å². The normalized spacial score (nSPS) is 19.3. The van der Waals surface area contributed by atoms with Gasteiger partial charge in [0.05, 0.1) is 23.1 Å². The van der Waals surface area contributed by atoms with E-state index in [2.05, 4.69) is 22.3 Å². The van der Waals surface area contributed by atoms with E-state index in [0.29, 0.717) is 28.7 Å². The number of hydrogen-bond acceptors (Lipinski definition) is 4. The molecule has 2 aromatic heterocycles. The van der Waals surface area contributed by atoms with Gasteiger partial charge in [-0.2, -0.15) is 13.2 Å². The number of nitrogens with one attached hydrogen (secondary N) is 1. The van der Waals surface area contributed by atoms with Crippen LogP contribution in [0.5, 0.6) is 5.88 Å². The number of rotatable bonds is 4. The molecule has 9 heteroatoms. The molecule has 1 N–H and O–H groups in total. The molecule has 1 aliphatic rings. The number of nitrogens with zero attached hydrogens (tertiary/aromatic N) is 3. The second kappa shape index (κ2) is 8.92. The van der Waals surface area contributed by atoms with E-state index in [1.807, 2.05) is 0 Å². The van der Waals surface area contributed by atoms with Crippen LogP contribution < -0.4 is 10.1 Å². The zero-order valence-corrected chi connectivity index (χ0v) is 19.7. The van der Waals surface area contributed by atoms with E-state index >= 15 is 0 Å². The van der Waals surface area contributed by atoms with Crippen molar-refractivity contribution in [2.24, 2.45) is 11.3 Å². The van der Waals surface area contributed by atoms with Crippen molar-refractivity contribution in [3.05, 3.63) is 42.1 Å². The molecule has 2 atom stereocenters. The number of carbonyl (C=O) groups is 1. The molecule has 1 saturated carbocycles. The minimum absolute atomic E-state index is 0.116. The third-order valence-electron chi connectivity index (χ3n) is 6.15. The van der Waals surface area contributed by atoms with Crippen LogP contribution in [0.4, 0.5) is 18.9 Å². The molecule has 0 aliphatic heterocycles. The molecule has 0 bridgehead atoms. The molecule has 2 heterocycles. The Labute approximate surface area is 196 Å². The van der Waals surface area contributed by atoms with E-state index in [1.165, 1.54) is 18.6 Å². The molecule has 34 heavy (non-hydrogen) atoms. The third-order valence-corrected chi connectivity index (χ3v) is 6.15. The van der Waals surface area contributed by atoms with Crippen LogP contribution in [-0.2, 0) is 11.0 Å². The number of ether oxygens (including phenoxy) is 1. The predicted molar refractivity (Wildman–Crippen MR) is 124 cm³/mol. The summed E-state index contributed by atoms with van der Waals surface area (Å²) in [4.78, 5) is 16.9. The number of fused-ring (bicyclic) bond motifs is 1. The molecule has 6 nitrogen and oxygen atoms in total. The zero-order valence-electron chi connectivity index (χ0n) is 19.7. The van der Waals surface area contributed by atoms with Gasteiger partial charge in [-0.1, -0.05) is 40.2 Å². The number of imidazole rings is 1. The maximum absolute atomic E-state index is 13.6. The van der Waals surface area contributed by atoms with Crippen molar-refractivity contribution in [3.8, 4) is 17.1 Å². The van der Waals surface area contributed by atoms with E-state index in [-0.39, 0.29) is 11.8 Å². The average molecular weight is 475 g/mol. The van der Waals surface area contributed by atoms with Gasteiger partial charge in [0.25, 0.3) is 0 Å². The number of alkyl halides is 3. The fraction of sp³-hybridized carbons (Fsp3) is 0.480. The van der Waals surface area contributed by atoms with Crippen LogP contribution in [0.15, 0.2) is 36.5 Å². The molecular weight excluding hydrogens is 445 g/mol. The Kier molecular flexibility index (Phi) is 6.31. The largest absolute Gasteiger partial charge is 0.473 e. The van der Waals surface area contributed by atoms with Gasteiger partial charge in [-0.05, 0) is 43.4 Å². The summed E-state index contributed by atoms with van der Waals surface area (Å²) in [6, 6.07) is 7.14. The number of amides is 1. The smallest absolute Gasteiger partial charge is 0.418 e. The second-order valence-corrected chi connectivity index (χ2v) is 9.98. The van der Waals surface area contributed by atoms with Gasteiger partial charge in [0.15, 0.2) is 5.65 Å². The highest BCUT2D eigenvalue weighted by atomic mass is 19.4. The van der Waals surface area contributed by atoms with Crippen molar-refractivity contribution in [2.75, 3.05) is 5.32 Å². The third kappa shape index (κ3) is 5.18. The summed E-state index contributed by atoms with van der Waals surface area (Å²) in [6.45, 7) is 7.10. The number of hydrogen-bond donors (Lipinski definition) is 1. The van der Waals surface area contributed by atoms with Gasteiger partial charge in [-0.15, -0.1) is 5.10 Å². The van der Waals surface area contributed by atoms with Crippen LogP contribution >= 0.6 is 0 Å². The fourth-order valence-electron chi connectivity index (χ4n) is 4.04. The van der Waals surface area contributed by atoms with Gasteiger partial charge in [0.1, 0.15) is 6.10 Å². The molecule has 1 amide bonds. The molecule has 0 radical (unpaired) electrons. The number of halogens is 3. The lowest BCUT2D eigenvalue weighted by Gasteiger charge is -2.28. The second-order valence-electron chi connectivity index (χ2n) is 9.98. The van der Waals surface area contributed by atoms with Crippen LogP contribution in [0.3, 0.4) is 0 Å². The van der Waals surface area contributed by atoms with Gasteiger partial charge in [0, 0.05) is 17.0 Å². The molecule has 0 unspecified atom stereocenters. The standard InChI is InChI=1S/C25H29F3N4O2/c1-15-7-5-6-8-20(15)34-22-12-11-21-29-19(14-32(21)31-22)16-9-10-17(25(26,27)28)18(13-16)30-23(33)24(2,3)4/h9-15,20H,5-8H2,1-4H3,(H,30,33)/t15-,20+/m0/s1. The van der Waals surface area contributed by atoms with Gasteiger partial charge < -0.3 is 10.1 Å². The number of carbonyl (C=O) groups excluding carboxylic acids is 1. The number of benzene rings is 1. The van der Waals surface area contributed by atoms with Crippen molar-refractivity contribution in [1.82, 2.24) is 14.6 Å². The summed E-state index contributed by atoms with van der Waals surface area (Å²) >= 11 is 0. The van der Waals surface area contributed by atoms with Crippen LogP contribution in [0.2, 0.25) is 0 Å². The van der Waals surface area contributed by atoms with E-state index in [1.54, 1.807) is 43.6 Å². The van der Waals surface area contributed by atoms with E-state index < -0.39 is 23.1 Å². The minimum Gasteiger partial charge on any atom is -0.473 e. The molecular formula is C25H29F3N4O2. The van der Waals surface area contributed by atoms with E-state index in [4.69, 9.17) is 4.74 Å². The van der Waals surface area contributed by atoms with Crippen molar-refractivity contribution in [3.63, 3.8) is 0 Å². The Morgan fingerprint density at radius 3 is 2.53 bits per heavy atom. The summed E-state index contributed by atoms with van der Waals surface area (Å²) in [6.07, 6.45) is 1.62. The monoisotopic (exact) mass is 474 g/mol. The summed E-state index contributed by atoms with van der Waals surface area (Å²) in [7, 11) is 0. The molecule has 1 fully saturated rings. The summed E-state index contributed by atoms with van der Waals surface area (Å²) in [5.74, 6) is 0.435. The van der Waals surface area contributed by atoms with Gasteiger partial charge in [-0.25, -0.2) is 9.50 Å². The highest BCUT2D eigenvalue weighted by Crippen LogP contribution is 2.38. The summed E-state index contributed by atoms with van der Waals surface area (Å²) in [5, 5.41) is 6.92. The first kappa shape index (κ1) is 24.0. The lowest BCUT2D eigenvalue weighted by atomic mass is 9.88. The SMILES string of the molecule is C[C@H]1CCCC[C@H]1Oc1ccc2nc(-c3ccc(C(F)(F)F)c(NC(=O)C(C)(C)C)c3)cn2n1. The highest BCUT2D eigenvalue weighted by molar-refractivity contribution is 5.96. The number of aromatic nitrogens is 3. The van der Waals surface area contributed by atoms with Gasteiger partial charge in [0.2, 0.25) is 11.8 Å². The average Bonchev–Trinajstić information content (AvgIpc) is 3.17. The van der Waals surface area contributed by atoms with Crippen molar-refractivity contribution >= 4 is 17.2 Å². The quantitative estimate of drug-likeness (QED) is 0.478. The van der Waals surface area contributed by atoms with Crippen molar-refractivity contribution < 1.29 is 22.7 Å². The van der Waals surface area contributed by atoms with Gasteiger partial charge in [-0.3, -0.25) is 4.79 Å². The first-order valence-electron chi connectivity index (χ1n) is 11.5. The molecule has 1 aliphatic carbocycles. The Morgan fingerprint density at radius 2 is 1.85 bits per heavy atom. The summed E-state index contributed by atoms with van der Waals surface area (Å²) in [5.41, 5.74) is -0.641. The molecule has 0 saturated heterocycles. The first-order valence-corrected chi connectivity index (χ1v) is 11.5. The lowest BCUT2D eigenvalue weighted by Crippen LogP contribution is -2.28. The Bertz CT molecular complexity index is 1200. The maximum atomic E-state index is 13.6. The number of anilines is 1. The first-order chi connectivity index (χ1) is 15.9. The summed E-state index contributed by atoms with van der Waals surface area (Å²) < 4.78 is 48.4. The topological polar surface area (TPSA) is 68.5 Å². The van der Waals surface area contributed by atoms with Gasteiger partial charge >= 0.3 is 6.18 Å². The van der Waals surface area contributed by atoms with Crippen LogP contribution in [0.25, 0.3) is 16.9 Å². The van der Waals surface area contributed by atoms with Crippen molar-refractivity contribution in [1.29, 1.82) is 0 Å². The van der Waals surface area contributed by atoms with Crippen LogP contribution in [-0.4, -0.2) is 26.6 Å². The fourth-order valence-corrected chi connectivity index (χ4v) is 4.04. The van der Waals surface area contributed by atoms with E-state index in [9.17, 15) is 18.0 Å². The molecule has 1 aromatic carbocycles. The zero-order chi connectivity index (χ0) is 24.7. The van der Waals surface area contributed by atoms with Crippen molar-refractivity contribution in [2.45, 2.75) is 65.7 Å². The molecule has 4 rings (SSSR count). The molecule has 0 spiro atoms. The minimum atomic E-state index is -4.61. The Morgan fingerprint density at radius 1 is 1.12 bits per heavy atom. The Hall–Kier alpha value is -3.10. The molecule has 3 aromatic rings. The lowest BCUT2D eigenvalue weighted by molar-refractivity contribution is -0.137. The predicted octanol–water partition coefficient (Wildman–Crippen LogP) is 6.36. The maximum Gasteiger partial charge on any atom is 0.418 e. The molecule has 182 valence electrons. The van der Waals surface area contributed by atoms with E-state index in [0.717, 1.165) is 25.3 Å². The Balaban J connectivity index is 1.65.